The number of aliphatic hydroxyl groups is 1. The molecule has 4 nitrogen and oxygen atoms in total. The van der Waals surface area contributed by atoms with Crippen molar-refractivity contribution in [2.75, 3.05) is 20.8 Å². The van der Waals surface area contributed by atoms with Crippen molar-refractivity contribution in [2.45, 2.75) is 38.1 Å². The molecule has 0 heterocycles. The molecule has 0 radical (unpaired) electrons. The number of fused-ring (bicyclic) bond motifs is 1. The summed E-state index contributed by atoms with van der Waals surface area (Å²) in [6, 6.07) is 5.80. The zero-order valence-electron chi connectivity index (χ0n) is 11.8. The maximum absolute atomic E-state index is 10.4. The fraction of sp³-hybridized carbons (Fsp3) is 0.600. The number of hydrogen-bond acceptors (Lipinski definition) is 4. The van der Waals surface area contributed by atoms with Gasteiger partial charge in [0.2, 0.25) is 0 Å². The van der Waals surface area contributed by atoms with Crippen LogP contribution in [-0.4, -0.2) is 38.1 Å². The van der Waals surface area contributed by atoms with Crippen LogP contribution in [0.2, 0.25) is 0 Å². The molecule has 0 aromatic heterocycles. The topological polar surface area (TPSA) is 47.9 Å². The number of rotatable bonds is 5. The number of hydrogen-bond donors (Lipinski definition) is 1. The molecule has 106 valence electrons. The van der Waals surface area contributed by atoms with Gasteiger partial charge < -0.3 is 19.3 Å². The minimum Gasteiger partial charge on any atom is -0.497 e. The van der Waals surface area contributed by atoms with E-state index >= 15 is 0 Å². The van der Waals surface area contributed by atoms with E-state index in [1.807, 2.05) is 25.1 Å². The van der Waals surface area contributed by atoms with E-state index in [-0.39, 0.29) is 12.2 Å². The van der Waals surface area contributed by atoms with Crippen molar-refractivity contribution < 1.29 is 19.3 Å². The van der Waals surface area contributed by atoms with Crippen LogP contribution in [0.5, 0.6) is 5.75 Å². The van der Waals surface area contributed by atoms with E-state index in [9.17, 15) is 5.11 Å². The highest BCUT2D eigenvalue weighted by Gasteiger charge is 2.30. The number of benzene rings is 1. The molecule has 0 saturated carbocycles. The monoisotopic (exact) mass is 266 g/mol. The van der Waals surface area contributed by atoms with Crippen LogP contribution in [0.3, 0.4) is 0 Å². The van der Waals surface area contributed by atoms with E-state index in [1.165, 1.54) is 0 Å². The van der Waals surface area contributed by atoms with Gasteiger partial charge in [-0.25, -0.2) is 0 Å². The Morgan fingerprint density at radius 2 is 2.16 bits per heavy atom. The SMILES string of the molecule is COCC(C)OC1CCc2cc(OC)ccc2C1O. The summed E-state index contributed by atoms with van der Waals surface area (Å²) in [5.74, 6) is 0.832. The fourth-order valence-corrected chi connectivity index (χ4v) is 2.58. The van der Waals surface area contributed by atoms with Gasteiger partial charge in [-0.05, 0) is 43.0 Å². The van der Waals surface area contributed by atoms with Gasteiger partial charge in [-0.1, -0.05) is 6.07 Å². The Kier molecular flexibility index (Phi) is 4.80. The van der Waals surface area contributed by atoms with E-state index in [0.717, 1.165) is 29.7 Å². The van der Waals surface area contributed by atoms with Crippen LogP contribution < -0.4 is 4.74 Å². The predicted molar refractivity (Wildman–Crippen MR) is 72.5 cm³/mol. The van der Waals surface area contributed by atoms with Crippen molar-refractivity contribution in [3.63, 3.8) is 0 Å². The highest BCUT2D eigenvalue weighted by Crippen LogP contribution is 2.34. The molecule has 0 fully saturated rings. The molecule has 4 heteroatoms. The molecule has 1 aliphatic rings. The van der Waals surface area contributed by atoms with E-state index in [4.69, 9.17) is 14.2 Å². The molecule has 2 rings (SSSR count). The van der Waals surface area contributed by atoms with Crippen molar-refractivity contribution in [3.05, 3.63) is 29.3 Å². The van der Waals surface area contributed by atoms with Gasteiger partial charge >= 0.3 is 0 Å². The van der Waals surface area contributed by atoms with Crippen LogP contribution in [0.15, 0.2) is 18.2 Å². The molecule has 1 aromatic carbocycles. The maximum Gasteiger partial charge on any atom is 0.119 e. The first-order valence-electron chi connectivity index (χ1n) is 6.65. The average Bonchev–Trinajstić information content (AvgIpc) is 2.42. The van der Waals surface area contributed by atoms with Crippen LogP contribution >= 0.6 is 0 Å². The molecule has 0 aliphatic heterocycles. The summed E-state index contributed by atoms with van der Waals surface area (Å²) < 4.78 is 16.1. The summed E-state index contributed by atoms with van der Waals surface area (Å²) in [4.78, 5) is 0. The van der Waals surface area contributed by atoms with Crippen LogP contribution in [-0.2, 0) is 15.9 Å². The van der Waals surface area contributed by atoms with Crippen molar-refractivity contribution in [3.8, 4) is 5.75 Å². The van der Waals surface area contributed by atoms with E-state index in [0.29, 0.717) is 6.61 Å². The lowest BCUT2D eigenvalue weighted by Crippen LogP contribution is -2.32. The molecule has 3 atom stereocenters. The Bertz CT molecular complexity index is 419. The molecular formula is C15H22O4. The van der Waals surface area contributed by atoms with Gasteiger partial charge in [-0.2, -0.15) is 0 Å². The molecule has 1 N–H and O–H groups in total. The Hall–Kier alpha value is -1.10. The summed E-state index contributed by atoms with van der Waals surface area (Å²) in [6.07, 6.45) is 0.966. The second-order valence-corrected chi connectivity index (χ2v) is 4.99. The van der Waals surface area contributed by atoms with Crippen LogP contribution in [0.4, 0.5) is 0 Å². The normalized spacial score (nSPS) is 23.8. The summed E-state index contributed by atoms with van der Waals surface area (Å²) in [5.41, 5.74) is 2.09. The van der Waals surface area contributed by atoms with Crippen molar-refractivity contribution in [2.24, 2.45) is 0 Å². The highest BCUT2D eigenvalue weighted by molar-refractivity contribution is 5.39. The van der Waals surface area contributed by atoms with Gasteiger partial charge in [0.1, 0.15) is 11.9 Å². The lowest BCUT2D eigenvalue weighted by Gasteiger charge is -2.32. The quantitative estimate of drug-likeness (QED) is 0.886. The maximum atomic E-state index is 10.4. The second-order valence-electron chi connectivity index (χ2n) is 4.99. The van der Waals surface area contributed by atoms with Crippen LogP contribution in [0.25, 0.3) is 0 Å². The van der Waals surface area contributed by atoms with Gasteiger partial charge in [0.05, 0.1) is 25.9 Å². The highest BCUT2D eigenvalue weighted by atomic mass is 16.5. The molecule has 0 saturated heterocycles. The Morgan fingerprint density at radius 3 is 2.84 bits per heavy atom. The molecule has 1 aromatic rings. The van der Waals surface area contributed by atoms with Crippen molar-refractivity contribution in [1.29, 1.82) is 0 Å². The zero-order valence-corrected chi connectivity index (χ0v) is 11.8. The number of ether oxygens (including phenoxy) is 3. The second kappa shape index (κ2) is 6.37. The zero-order chi connectivity index (χ0) is 13.8. The third-order valence-electron chi connectivity index (χ3n) is 3.53. The standard InChI is InChI=1S/C15H22O4/c1-10(9-17-2)19-14-7-4-11-8-12(18-3)5-6-13(11)15(14)16/h5-6,8,10,14-16H,4,7,9H2,1-3H3. The Morgan fingerprint density at radius 1 is 1.37 bits per heavy atom. The lowest BCUT2D eigenvalue weighted by molar-refractivity contribution is -0.0977. The first-order chi connectivity index (χ1) is 9.15. The van der Waals surface area contributed by atoms with E-state index < -0.39 is 6.10 Å². The third kappa shape index (κ3) is 3.26. The fourth-order valence-electron chi connectivity index (χ4n) is 2.58. The minimum atomic E-state index is -0.575. The van der Waals surface area contributed by atoms with Crippen molar-refractivity contribution >= 4 is 0 Å². The molecule has 1 aliphatic carbocycles. The van der Waals surface area contributed by atoms with Crippen LogP contribution in [0.1, 0.15) is 30.6 Å². The number of aryl methyl sites for hydroxylation is 1. The lowest BCUT2D eigenvalue weighted by atomic mass is 9.87. The summed E-state index contributed by atoms with van der Waals surface area (Å²) in [5, 5.41) is 10.4. The van der Waals surface area contributed by atoms with Gasteiger partial charge in [0.25, 0.3) is 0 Å². The van der Waals surface area contributed by atoms with Crippen molar-refractivity contribution in [1.82, 2.24) is 0 Å². The predicted octanol–water partition coefficient (Wildman–Crippen LogP) is 2.09. The van der Waals surface area contributed by atoms with Crippen LogP contribution in [0, 0.1) is 0 Å². The number of aliphatic hydroxyl groups excluding tert-OH is 1. The summed E-state index contributed by atoms with van der Waals surface area (Å²) in [6.45, 7) is 2.50. The summed E-state index contributed by atoms with van der Waals surface area (Å²) in [7, 11) is 3.30. The molecule has 0 amide bonds. The molecular weight excluding hydrogens is 244 g/mol. The molecule has 19 heavy (non-hydrogen) atoms. The minimum absolute atomic E-state index is 0.00977. The van der Waals surface area contributed by atoms with E-state index in [2.05, 4.69) is 0 Å². The Labute approximate surface area is 114 Å². The third-order valence-corrected chi connectivity index (χ3v) is 3.53. The smallest absolute Gasteiger partial charge is 0.119 e. The average molecular weight is 266 g/mol. The molecule has 0 spiro atoms. The molecule has 0 bridgehead atoms. The van der Waals surface area contributed by atoms with Gasteiger partial charge in [0.15, 0.2) is 0 Å². The van der Waals surface area contributed by atoms with Gasteiger partial charge in [-0.3, -0.25) is 0 Å². The first kappa shape index (κ1) is 14.3. The Balaban J connectivity index is 2.09. The first-order valence-corrected chi connectivity index (χ1v) is 6.65. The van der Waals surface area contributed by atoms with Gasteiger partial charge in [-0.15, -0.1) is 0 Å². The van der Waals surface area contributed by atoms with E-state index in [1.54, 1.807) is 14.2 Å². The molecule has 3 unspecified atom stereocenters. The largest absolute Gasteiger partial charge is 0.497 e. The summed E-state index contributed by atoms with van der Waals surface area (Å²) >= 11 is 0. The van der Waals surface area contributed by atoms with Gasteiger partial charge in [0, 0.05) is 7.11 Å². The number of methoxy groups -OCH3 is 2.